The second-order valence-corrected chi connectivity index (χ2v) is 8.44. The number of carbonyl (C=O) groups is 1. The maximum absolute atomic E-state index is 12.6. The molecule has 0 spiro atoms. The highest BCUT2D eigenvalue weighted by Gasteiger charge is 2.18. The molecule has 0 unspecified atom stereocenters. The standard InChI is InChI=1S/C23H24N2O6S/c1-16(31-22-7-5-4-6-21(22)30-3)23(26)24-17-10-14-20(15-11-17)32(27,28)25-18-8-12-19(29-2)13-9-18/h4-16,25H,1-3H3,(H,24,26)/t16-/m0/s1. The van der Waals surface area contributed by atoms with Crippen molar-refractivity contribution in [2.75, 3.05) is 24.3 Å². The fourth-order valence-electron chi connectivity index (χ4n) is 2.79. The zero-order valence-corrected chi connectivity index (χ0v) is 18.7. The van der Waals surface area contributed by atoms with Gasteiger partial charge in [-0.1, -0.05) is 12.1 Å². The summed E-state index contributed by atoms with van der Waals surface area (Å²) in [6, 6.07) is 19.4. The van der Waals surface area contributed by atoms with E-state index in [1.54, 1.807) is 55.5 Å². The number of amides is 1. The van der Waals surface area contributed by atoms with Crippen LogP contribution in [0, 0.1) is 0 Å². The molecule has 0 heterocycles. The Balaban J connectivity index is 1.63. The van der Waals surface area contributed by atoms with Gasteiger partial charge in [-0.25, -0.2) is 8.42 Å². The topological polar surface area (TPSA) is 103 Å². The summed E-state index contributed by atoms with van der Waals surface area (Å²) < 4.78 is 43.7. The van der Waals surface area contributed by atoms with Crippen molar-refractivity contribution >= 4 is 27.3 Å². The Morgan fingerprint density at radius 3 is 2.00 bits per heavy atom. The third kappa shape index (κ3) is 5.70. The molecule has 0 aliphatic heterocycles. The van der Waals surface area contributed by atoms with Crippen molar-refractivity contribution < 1.29 is 27.4 Å². The first-order valence-corrected chi connectivity index (χ1v) is 11.2. The molecular formula is C23H24N2O6S. The number of methoxy groups -OCH3 is 2. The van der Waals surface area contributed by atoms with E-state index in [9.17, 15) is 13.2 Å². The van der Waals surface area contributed by atoms with Crippen LogP contribution in [0.4, 0.5) is 11.4 Å². The molecule has 1 atom stereocenters. The molecule has 3 aromatic carbocycles. The molecule has 8 nitrogen and oxygen atoms in total. The number of benzene rings is 3. The van der Waals surface area contributed by atoms with Crippen molar-refractivity contribution in [1.82, 2.24) is 0 Å². The molecule has 3 rings (SSSR count). The highest BCUT2D eigenvalue weighted by atomic mass is 32.2. The van der Waals surface area contributed by atoms with Gasteiger partial charge < -0.3 is 19.5 Å². The van der Waals surface area contributed by atoms with Crippen LogP contribution in [0.25, 0.3) is 0 Å². The van der Waals surface area contributed by atoms with Crippen molar-refractivity contribution in [3.05, 3.63) is 72.8 Å². The Labute approximate surface area is 187 Å². The lowest BCUT2D eigenvalue weighted by Gasteiger charge is -2.16. The van der Waals surface area contributed by atoms with Gasteiger partial charge in [0.25, 0.3) is 15.9 Å². The molecule has 0 radical (unpaired) electrons. The van der Waals surface area contributed by atoms with Crippen LogP contribution >= 0.6 is 0 Å². The Hall–Kier alpha value is -3.72. The smallest absolute Gasteiger partial charge is 0.265 e. The zero-order valence-electron chi connectivity index (χ0n) is 17.9. The zero-order chi connectivity index (χ0) is 23.1. The van der Waals surface area contributed by atoms with Crippen molar-refractivity contribution in [3.63, 3.8) is 0 Å². The van der Waals surface area contributed by atoms with Gasteiger partial charge in [-0.05, 0) is 67.6 Å². The molecule has 0 aromatic heterocycles. The van der Waals surface area contributed by atoms with Crippen LogP contribution in [-0.4, -0.2) is 34.6 Å². The predicted octanol–water partition coefficient (Wildman–Crippen LogP) is 3.91. The van der Waals surface area contributed by atoms with Crippen LogP contribution < -0.4 is 24.2 Å². The van der Waals surface area contributed by atoms with Gasteiger partial charge in [0.2, 0.25) is 0 Å². The molecule has 32 heavy (non-hydrogen) atoms. The molecule has 0 fully saturated rings. The van der Waals surface area contributed by atoms with Crippen LogP contribution in [0.15, 0.2) is 77.7 Å². The Kier molecular flexibility index (Phi) is 7.21. The fraction of sp³-hybridized carbons (Fsp3) is 0.174. The quantitative estimate of drug-likeness (QED) is 0.506. The van der Waals surface area contributed by atoms with E-state index in [-0.39, 0.29) is 10.8 Å². The van der Waals surface area contributed by atoms with Crippen LogP contribution in [0.2, 0.25) is 0 Å². The third-order valence-electron chi connectivity index (χ3n) is 4.52. The first kappa shape index (κ1) is 23.0. The second-order valence-electron chi connectivity index (χ2n) is 6.76. The molecule has 168 valence electrons. The maximum atomic E-state index is 12.6. The van der Waals surface area contributed by atoms with Gasteiger partial charge in [-0.15, -0.1) is 0 Å². The number of hydrogen-bond acceptors (Lipinski definition) is 6. The van der Waals surface area contributed by atoms with Gasteiger partial charge in [0, 0.05) is 11.4 Å². The number of rotatable bonds is 9. The number of ether oxygens (including phenoxy) is 3. The van der Waals surface area contributed by atoms with Gasteiger partial charge in [-0.2, -0.15) is 0 Å². The molecule has 0 aliphatic rings. The van der Waals surface area contributed by atoms with E-state index in [1.165, 1.54) is 38.5 Å². The number of carbonyl (C=O) groups excluding carboxylic acids is 1. The summed E-state index contributed by atoms with van der Waals surface area (Å²) in [5.41, 5.74) is 0.847. The SMILES string of the molecule is COc1ccc(NS(=O)(=O)c2ccc(NC(=O)[C@H](C)Oc3ccccc3OC)cc2)cc1. The van der Waals surface area contributed by atoms with E-state index in [2.05, 4.69) is 10.0 Å². The normalized spacial score (nSPS) is 11.8. The number of anilines is 2. The van der Waals surface area contributed by atoms with Crippen molar-refractivity contribution in [1.29, 1.82) is 0 Å². The predicted molar refractivity (Wildman–Crippen MR) is 122 cm³/mol. The highest BCUT2D eigenvalue weighted by molar-refractivity contribution is 7.92. The molecule has 1 amide bonds. The largest absolute Gasteiger partial charge is 0.497 e. The average molecular weight is 457 g/mol. The number of hydrogen-bond donors (Lipinski definition) is 2. The lowest BCUT2D eigenvalue weighted by Crippen LogP contribution is -2.30. The lowest BCUT2D eigenvalue weighted by molar-refractivity contribution is -0.122. The summed E-state index contributed by atoms with van der Waals surface area (Å²) in [6.07, 6.45) is -0.800. The second kappa shape index (κ2) is 10.1. The van der Waals surface area contributed by atoms with E-state index < -0.39 is 16.1 Å². The molecule has 0 saturated heterocycles. The van der Waals surface area contributed by atoms with Crippen LogP contribution in [0.1, 0.15) is 6.92 Å². The summed E-state index contributed by atoms with van der Waals surface area (Å²) in [4.78, 5) is 12.5. The van der Waals surface area contributed by atoms with Crippen molar-refractivity contribution in [2.45, 2.75) is 17.9 Å². The number of nitrogens with one attached hydrogen (secondary N) is 2. The fourth-order valence-corrected chi connectivity index (χ4v) is 3.85. The molecule has 0 bridgehead atoms. The van der Waals surface area contributed by atoms with E-state index in [1.807, 2.05) is 0 Å². The molecule has 9 heteroatoms. The third-order valence-corrected chi connectivity index (χ3v) is 5.91. The van der Waals surface area contributed by atoms with Gasteiger partial charge in [-0.3, -0.25) is 9.52 Å². The van der Waals surface area contributed by atoms with E-state index in [4.69, 9.17) is 14.2 Å². The summed E-state index contributed by atoms with van der Waals surface area (Å²) in [7, 11) is -0.732. The van der Waals surface area contributed by atoms with Crippen LogP contribution in [-0.2, 0) is 14.8 Å². The van der Waals surface area contributed by atoms with Crippen LogP contribution in [0.5, 0.6) is 17.2 Å². The summed E-state index contributed by atoms with van der Waals surface area (Å²) in [6.45, 7) is 1.61. The van der Waals surface area contributed by atoms with Gasteiger partial charge >= 0.3 is 0 Å². The van der Waals surface area contributed by atoms with Crippen molar-refractivity contribution in [3.8, 4) is 17.2 Å². The minimum absolute atomic E-state index is 0.0598. The number of sulfonamides is 1. The molecular weight excluding hydrogens is 432 g/mol. The summed E-state index contributed by atoms with van der Waals surface area (Å²) in [5.74, 6) is 1.20. The van der Waals surface area contributed by atoms with Gasteiger partial charge in [0.15, 0.2) is 17.6 Å². The molecule has 0 aliphatic carbocycles. The molecule has 3 aromatic rings. The Morgan fingerprint density at radius 1 is 0.812 bits per heavy atom. The minimum Gasteiger partial charge on any atom is -0.497 e. The van der Waals surface area contributed by atoms with Gasteiger partial charge in [0.1, 0.15) is 5.75 Å². The number of para-hydroxylation sites is 2. The van der Waals surface area contributed by atoms with Crippen LogP contribution in [0.3, 0.4) is 0 Å². The van der Waals surface area contributed by atoms with Crippen molar-refractivity contribution in [2.24, 2.45) is 0 Å². The van der Waals surface area contributed by atoms with E-state index >= 15 is 0 Å². The first-order valence-electron chi connectivity index (χ1n) is 9.70. The summed E-state index contributed by atoms with van der Waals surface area (Å²) in [5, 5.41) is 2.71. The Morgan fingerprint density at radius 2 is 1.41 bits per heavy atom. The van der Waals surface area contributed by atoms with Gasteiger partial charge in [0.05, 0.1) is 19.1 Å². The van der Waals surface area contributed by atoms with E-state index in [0.29, 0.717) is 28.6 Å². The molecule has 0 saturated carbocycles. The Bertz CT molecular complexity index is 1160. The summed E-state index contributed by atoms with van der Waals surface area (Å²) >= 11 is 0. The van der Waals surface area contributed by atoms with E-state index in [0.717, 1.165) is 0 Å². The lowest BCUT2D eigenvalue weighted by atomic mass is 10.3. The molecule has 2 N–H and O–H groups in total. The highest BCUT2D eigenvalue weighted by Crippen LogP contribution is 2.27. The maximum Gasteiger partial charge on any atom is 0.265 e. The minimum atomic E-state index is -3.78. The first-order chi connectivity index (χ1) is 15.3. The average Bonchev–Trinajstić information content (AvgIpc) is 2.80. The monoisotopic (exact) mass is 456 g/mol.